The van der Waals surface area contributed by atoms with Crippen molar-refractivity contribution >= 4 is 11.4 Å². The van der Waals surface area contributed by atoms with Crippen LogP contribution in [0.1, 0.15) is 25.1 Å². The zero-order valence-corrected chi connectivity index (χ0v) is 11.2. The Bertz CT molecular complexity index is 591. The van der Waals surface area contributed by atoms with Crippen molar-refractivity contribution in [2.24, 2.45) is 0 Å². The predicted octanol–water partition coefficient (Wildman–Crippen LogP) is 2.86. The van der Waals surface area contributed by atoms with E-state index in [0.717, 1.165) is 17.9 Å². The normalized spacial score (nSPS) is 11.0. The van der Waals surface area contributed by atoms with Crippen LogP contribution in [0.3, 0.4) is 0 Å². The number of aromatic nitrogens is 1. The number of nitrogen functional groups attached to an aromatic ring is 1. The second-order valence-electron chi connectivity index (χ2n) is 5.24. The number of nitrogens with two attached hydrogens (primary N) is 1. The third kappa shape index (κ3) is 2.89. The molecule has 2 rings (SSSR count). The third-order valence-electron chi connectivity index (χ3n) is 3.23. The molecule has 0 amide bonds. The van der Waals surface area contributed by atoms with E-state index < -0.39 is 0 Å². The van der Waals surface area contributed by atoms with Crippen molar-refractivity contribution in [2.45, 2.75) is 19.3 Å². The first-order valence-corrected chi connectivity index (χ1v) is 6.20. The predicted molar refractivity (Wildman–Crippen MR) is 77.9 cm³/mol. The summed E-state index contributed by atoms with van der Waals surface area (Å²) >= 11 is 0. The Morgan fingerprint density at radius 2 is 2.16 bits per heavy atom. The second-order valence-corrected chi connectivity index (χ2v) is 5.24. The minimum absolute atomic E-state index is 0.0431. The smallest absolute Gasteiger partial charge is 0.0992 e. The summed E-state index contributed by atoms with van der Waals surface area (Å²) in [6.07, 6.45) is 1.92. The molecule has 0 aliphatic carbocycles. The van der Waals surface area contributed by atoms with E-state index in [9.17, 15) is 0 Å². The van der Waals surface area contributed by atoms with E-state index >= 15 is 0 Å². The number of nitrogens with one attached hydrogen (secondary N) is 2. The average Bonchev–Trinajstić information content (AvgIpc) is 2.92. The first kappa shape index (κ1) is 13.0. The summed E-state index contributed by atoms with van der Waals surface area (Å²) in [5.74, 6) is 0. The van der Waals surface area contributed by atoms with Crippen molar-refractivity contribution in [3.8, 4) is 6.07 Å². The zero-order valence-electron chi connectivity index (χ0n) is 11.2. The molecule has 0 aliphatic heterocycles. The molecule has 0 unspecified atom stereocenters. The van der Waals surface area contributed by atoms with Gasteiger partial charge in [0.05, 0.1) is 23.0 Å². The fourth-order valence-corrected chi connectivity index (χ4v) is 1.94. The first-order chi connectivity index (χ1) is 9.03. The second kappa shape index (κ2) is 5.07. The van der Waals surface area contributed by atoms with Gasteiger partial charge in [-0.1, -0.05) is 13.8 Å². The number of hydrogen-bond donors (Lipinski definition) is 3. The number of rotatable bonds is 4. The topological polar surface area (TPSA) is 77.6 Å². The Balaban J connectivity index is 2.13. The molecule has 0 fully saturated rings. The van der Waals surface area contributed by atoms with Crippen LogP contribution in [0, 0.1) is 11.3 Å². The van der Waals surface area contributed by atoms with Crippen LogP contribution in [0.25, 0.3) is 0 Å². The largest absolute Gasteiger partial charge is 0.397 e. The van der Waals surface area contributed by atoms with E-state index in [2.05, 4.69) is 36.3 Å². The van der Waals surface area contributed by atoms with Gasteiger partial charge in [0.1, 0.15) is 0 Å². The summed E-state index contributed by atoms with van der Waals surface area (Å²) in [5.41, 5.74) is 9.10. The molecule has 98 valence electrons. The molecule has 4 nitrogen and oxygen atoms in total. The van der Waals surface area contributed by atoms with E-state index in [1.54, 1.807) is 18.2 Å². The van der Waals surface area contributed by atoms with Crippen LogP contribution >= 0.6 is 0 Å². The SMILES string of the molecule is CC(C)(CNc1cc(C#N)ccc1N)c1ccc[nH]1. The quantitative estimate of drug-likeness (QED) is 0.734. The van der Waals surface area contributed by atoms with Crippen molar-refractivity contribution in [1.82, 2.24) is 4.98 Å². The van der Waals surface area contributed by atoms with Gasteiger partial charge in [0, 0.05) is 23.9 Å². The summed E-state index contributed by atoms with van der Waals surface area (Å²) in [5, 5.41) is 12.2. The lowest BCUT2D eigenvalue weighted by atomic mass is 9.89. The van der Waals surface area contributed by atoms with Crippen molar-refractivity contribution < 1.29 is 0 Å². The van der Waals surface area contributed by atoms with Crippen LogP contribution in [-0.2, 0) is 5.41 Å². The number of nitriles is 1. The van der Waals surface area contributed by atoms with E-state index in [1.165, 1.54) is 0 Å². The van der Waals surface area contributed by atoms with E-state index in [-0.39, 0.29) is 5.41 Å². The molecule has 4 N–H and O–H groups in total. The molecule has 19 heavy (non-hydrogen) atoms. The highest BCUT2D eigenvalue weighted by Crippen LogP contribution is 2.25. The van der Waals surface area contributed by atoms with Gasteiger partial charge < -0.3 is 16.0 Å². The third-order valence-corrected chi connectivity index (χ3v) is 3.23. The van der Waals surface area contributed by atoms with Gasteiger partial charge in [-0.25, -0.2) is 0 Å². The van der Waals surface area contributed by atoms with Crippen molar-refractivity contribution in [2.75, 3.05) is 17.6 Å². The molecule has 0 atom stereocenters. The maximum Gasteiger partial charge on any atom is 0.0992 e. The van der Waals surface area contributed by atoms with Crippen molar-refractivity contribution in [1.29, 1.82) is 5.26 Å². The minimum atomic E-state index is -0.0431. The van der Waals surface area contributed by atoms with Crippen molar-refractivity contribution in [3.63, 3.8) is 0 Å². The standard InChI is InChI=1S/C15H18N4/c1-15(2,14-4-3-7-18-14)10-19-13-8-11(9-16)5-6-12(13)17/h3-8,18-19H,10,17H2,1-2H3. The lowest BCUT2D eigenvalue weighted by Crippen LogP contribution is -2.28. The molecule has 1 heterocycles. The lowest BCUT2D eigenvalue weighted by Gasteiger charge is -2.25. The Morgan fingerprint density at radius 3 is 2.79 bits per heavy atom. The molecule has 0 bridgehead atoms. The van der Waals surface area contributed by atoms with Gasteiger partial charge >= 0.3 is 0 Å². The number of nitrogens with zero attached hydrogens (tertiary/aromatic N) is 1. The number of H-pyrrole nitrogens is 1. The minimum Gasteiger partial charge on any atom is -0.397 e. The van der Waals surface area contributed by atoms with E-state index in [4.69, 9.17) is 11.0 Å². The first-order valence-electron chi connectivity index (χ1n) is 6.20. The molecule has 0 saturated carbocycles. The molecule has 0 saturated heterocycles. The van der Waals surface area contributed by atoms with Crippen LogP contribution in [0.4, 0.5) is 11.4 Å². The zero-order chi connectivity index (χ0) is 13.9. The Kier molecular flexibility index (Phi) is 3.48. The number of anilines is 2. The molecule has 4 heteroatoms. The highest BCUT2D eigenvalue weighted by atomic mass is 14.9. The Hall–Kier alpha value is -2.41. The molecule has 0 spiro atoms. The van der Waals surface area contributed by atoms with Crippen molar-refractivity contribution in [3.05, 3.63) is 47.8 Å². The fourth-order valence-electron chi connectivity index (χ4n) is 1.94. The molecule has 0 aliphatic rings. The maximum atomic E-state index is 8.91. The van der Waals surface area contributed by atoms with Crippen LogP contribution in [0.5, 0.6) is 0 Å². The Morgan fingerprint density at radius 1 is 1.37 bits per heavy atom. The van der Waals surface area contributed by atoms with Gasteiger partial charge in [-0.3, -0.25) is 0 Å². The molecular weight excluding hydrogens is 236 g/mol. The van der Waals surface area contributed by atoms with Gasteiger partial charge in [-0.15, -0.1) is 0 Å². The van der Waals surface area contributed by atoms with E-state index in [0.29, 0.717) is 11.3 Å². The molecular formula is C15H18N4. The van der Waals surface area contributed by atoms with Gasteiger partial charge in [0.15, 0.2) is 0 Å². The number of hydrogen-bond acceptors (Lipinski definition) is 3. The Labute approximate surface area is 113 Å². The highest BCUT2D eigenvalue weighted by molar-refractivity contribution is 5.68. The van der Waals surface area contributed by atoms with Crippen LogP contribution in [-0.4, -0.2) is 11.5 Å². The van der Waals surface area contributed by atoms with Crippen LogP contribution in [0.15, 0.2) is 36.5 Å². The van der Waals surface area contributed by atoms with Crippen LogP contribution < -0.4 is 11.1 Å². The monoisotopic (exact) mass is 254 g/mol. The molecule has 1 aromatic heterocycles. The maximum absolute atomic E-state index is 8.91. The average molecular weight is 254 g/mol. The summed E-state index contributed by atoms with van der Waals surface area (Å²) in [4.78, 5) is 3.23. The summed E-state index contributed by atoms with van der Waals surface area (Å²) in [6, 6.07) is 11.4. The number of aromatic amines is 1. The molecule has 1 aromatic carbocycles. The fraction of sp³-hybridized carbons (Fsp3) is 0.267. The highest BCUT2D eigenvalue weighted by Gasteiger charge is 2.21. The van der Waals surface area contributed by atoms with E-state index in [1.807, 2.05) is 12.3 Å². The van der Waals surface area contributed by atoms with Crippen LogP contribution in [0.2, 0.25) is 0 Å². The lowest BCUT2D eigenvalue weighted by molar-refractivity contribution is 0.542. The van der Waals surface area contributed by atoms with Gasteiger partial charge in [0.25, 0.3) is 0 Å². The molecule has 2 aromatic rings. The molecule has 0 radical (unpaired) electrons. The summed E-state index contributed by atoms with van der Waals surface area (Å²) in [7, 11) is 0. The van der Waals surface area contributed by atoms with Gasteiger partial charge in [0.2, 0.25) is 0 Å². The summed E-state index contributed by atoms with van der Waals surface area (Å²) < 4.78 is 0. The summed E-state index contributed by atoms with van der Waals surface area (Å²) in [6.45, 7) is 5.03. The van der Waals surface area contributed by atoms with Gasteiger partial charge in [-0.2, -0.15) is 5.26 Å². The van der Waals surface area contributed by atoms with Gasteiger partial charge in [-0.05, 0) is 30.3 Å². The number of benzene rings is 1.